The molecule has 0 fully saturated rings. The van der Waals surface area contributed by atoms with Crippen LogP contribution < -0.4 is 30.3 Å². The first-order valence-corrected chi connectivity index (χ1v) is 24.1. The molecule has 0 aromatic heterocycles. The first-order chi connectivity index (χ1) is 30.0. The highest BCUT2D eigenvalue weighted by atomic mass is 31.1. The van der Waals surface area contributed by atoms with Gasteiger partial charge in [0.05, 0.1) is 0 Å². The van der Waals surface area contributed by atoms with E-state index >= 15 is 0 Å². The molecule has 8 aromatic rings. The van der Waals surface area contributed by atoms with Gasteiger partial charge >= 0.3 is 0 Å². The zero-order valence-electron chi connectivity index (χ0n) is 37.3. The Kier molecular flexibility index (Phi) is 13.2. The molecule has 0 bridgehead atoms. The number of rotatable bonds is 13. The van der Waals surface area contributed by atoms with Crippen LogP contribution in [0.1, 0.15) is 66.8 Å². The Labute approximate surface area is 372 Å². The Morgan fingerprint density at radius 3 is 0.887 bits per heavy atom. The Morgan fingerprint density at radius 2 is 0.613 bits per heavy atom. The van der Waals surface area contributed by atoms with E-state index in [9.17, 15) is 0 Å². The molecule has 0 heterocycles. The van der Waals surface area contributed by atoms with E-state index in [0.717, 1.165) is 46.6 Å². The highest BCUT2D eigenvalue weighted by Crippen LogP contribution is 2.53. The molecule has 4 heteroatoms. The van der Waals surface area contributed by atoms with Crippen LogP contribution in [0.15, 0.2) is 170 Å². The lowest BCUT2D eigenvalue weighted by atomic mass is 9.85. The van der Waals surface area contributed by atoms with E-state index in [0.29, 0.717) is 0 Å². The largest absolute Gasteiger partial charge is 0.464 e. The van der Waals surface area contributed by atoms with Crippen molar-refractivity contribution in [3.05, 3.63) is 237 Å². The van der Waals surface area contributed by atoms with Gasteiger partial charge in [-0.2, -0.15) is 0 Å². The standard InChI is InChI=1S/C58H56O2P2/c1-39-19-27-51(28-20-39)61(52-29-21-40(2)22-30-52)59-57-49(37-47-15-11-9-12-16-47)35-43(5)45(7)55(57)56-46(8)44(6)36-50(38-48-17-13-10-14-18-48)58(56)60-62(53-31-23-41(3)24-32-53)54-33-25-42(4)26-34-54/h9-36H,37-38H2,1-8H3. The van der Waals surface area contributed by atoms with Crippen LogP contribution in [0.25, 0.3) is 11.1 Å². The van der Waals surface area contributed by atoms with E-state index in [1.54, 1.807) is 0 Å². The number of benzene rings is 8. The lowest BCUT2D eigenvalue weighted by molar-refractivity contribution is 0.611. The summed E-state index contributed by atoms with van der Waals surface area (Å²) < 4.78 is 15.6. The van der Waals surface area contributed by atoms with Gasteiger partial charge < -0.3 is 9.05 Å². The second-order valence-corrected chi connectivity index (χ2v) is 20.4. The van der Waals surface area contributed by atoms with Crippen LogP contribution in [0.5, 0.6) is 11.5 Å². The summed E-state index contributed by atoms with van der Waals surface area (Å²) in [5.41, 5.74) is 16.8. The van der Waals surface area contributed by atoms with E-state index in [1.165, 1.54) is 76.9 Å². The average Bonchev–Trinajstić information content (AvgIpc) is 3.28. The van der Waals surface area contributed by atoms with Crippen molar-refractivity contribution in [3.63, 3.8) is 0 Å². The first kappa shape index (κ1) is 42.9. The lowest BCUT2D eigenvalue weighted by Crippen LogP contribution is -2.18. The Balaban J connectivity index is 1.43. The molecule has 0 unspecified atom stereocenters. The molecule has 8 rings (SSSR count). The van der Waals surface area contributed by atoms with Crippen molar-refractivity contribution in [2.75, 3.05) is 0 Å². The van der Waals surface area contributed by atoms with Gasteiger partial charge in [-0.15, -0.1) is 0 Å². The maximum Gasteiger partial charge on any atom is 0.150 e. The van der Waals surface area contributed by atoms with Gasteiger partial charge in [-0.05, 0) is 99.9 Å². The summed E-state index contributed by atoms with van der Waals surface area (Å²) in [5.74, 6) is 1.84. The van der Waals surface area contributed by atoms with Crippen molar-refractivity contribution >= 4 is 37.5 Å². The summed E-state index contributed by atoms with van der Waals surface area (Å²) in [4.78, 5) is 0. The normalized spacial score (nSPS) is 11.3. The Morgan fingerprint density at radius 1 is 0.339 bits per heavy atom. The van der Waals surface area contributed by atoms with Gasteiger partial charge in [0.25, 0.3) is 0 Å². The molecule has 0 amide bonds. The van der Waals surface area contributed by atoms with Gasteiger partial charge in [-0.1, -0.05) is 192 Å². The maximum atomic E-state index is 7.81. The highest BCUT2D eigenvalue weighted by molar-refractivity contribution is 7.69. The van der Waals surface area contributed by atoms with Crippen molar-refractivity contribution in [2.24, 2.45) is 0 Å². The van der Waals surface area contributed by atoms with Crippen molar-refractivity contribution in [2.45, 2.75) is 68.2 Å². The molecule has 0 radical (unpaired) electrons. The van der Waals surface area contributed by atoms with Crippen LogP contribution >= 0.6 is 16.3 Å². The van der Waals surface area contributed by atoms with E-state index in [4.69, 9.17) is 9.05 Å². The third-order valence-corrected chi connectivity index (χ3v) is 15.7. The summed E-state index contributed by atoms with van der Waals surface area (Å²) in [7, 11) is -2.56. The minimum Gasteiger partial charge on any atom is -0.464 e. The number of hydrogen-bond donors (Lipinski definition) is 0. The first-order valence-electron chi connectivity index (χ1n) is 21.6. The summed E-state index contributed by atoms with van der Waals surface area (Å²) in [6.07, 6.45) is 1.46. The predicted molar refractivity (Wildman–Crippen MR) is 268 cm³/mol. The van der Waals surface area contributed by atoms with Crippen molar-refractivity contribution < 1.29 is 9.05 Å². The van der Waals surface area contributed by atoms with E-state index in [2.05, 4.69) is 225 Å². The maximum absolute atomic E-state index is 7.81. The van der Waals surface area contributed by atoms with Crippen LogP contribution in [-0.4, -0.2) is 0 Å². The van der Waals surface area contributed by atoms with E-state index in [-0.39, 0.29) is 0 Å². The molecule has 0 saturated carbocycles. The van der Waals surface area contributed by atoms with Crippen LogP contribution in [-0.2, 0) is 12.8 Å². The molecule has 0 spiro atoms. The van der Waals surface area contributed by atoms with Crippen molar-refractivity contribution in [3.8, 4) is 22.6 Å². The topological polar surface area (TPSA) is 18.5 Å². The highest BCUT2D eigenvalue weighted by Gasteiger charge is 2.30. The number of hydrogen-bond acceptors (Lipinski definition) is 2. The van der Waals surface area contributed by atoms with Crippen LogP contribution in [0.3, 0.4) is 0 Å². The minimum atomic E-state index is -1.28. The summed E-state index contributed by atoms with van der Waals surface area (Å²) in [5, 5.41) is 4.70. The number of aryl methyl sites for hydroxylation is 6. The summed E-state index contributed by atoms with van der Waals surface area (Å²) >= 11 is 0. The predicted octanol–water partition coefficient (Wildman–Crippen LogP) is 13.9. The molecule has 0 atom stereocenters. The fourth-order valence-corrected chi connectivity index (χ4v) is 11.5. The van der Waals surface area contributed by atoms with Gasteiger partial charge in [0.1, 0.15) is 11.5 Å². The molecule has 0 saturated heterocycles. The van der Waals surface area contributed by atoms with E-state index in [1.807, 2.05) is 0 Å². The van der Waals surface area contributed by atoms with Crippen LogP contribution in [0.2, 0.25) is 0 Å². The van der Waals surface area contributed by atoms with Crippen LogP contribution in [0.4, 0.5) is 0 Å². The minimum absolute atomic E-state index is 0.729. The lowest BCUT2D eigenvalue weighted by Gasteiger charge is -2.30. The molecule has 310 valence electrons. The molecule has 0 N–H and O–H groups in total. The molecule has 0 aliphatic rings. The van der Waals surface area contributed by atoms with Gasteiger partial charge in [0.15, 0.2) is 16.3 Å². The second kappa shape index (κ2) is 19.1. The second-order valence-electron chi connectivity index (χ2n) is 16.8. The van der Waals surface area contributed by atoms with Crippen molar-refractivity contribution in [1.29, 1.82) is 0 Å². The summed E-state index contributed by atoms with van der Waals surface area (Å²) in [6, 6.07) is 62.0. The molecule has 2 nitrogen and oxygen atoms in total. The zero-order chi connectivity index (χ0) is 43.3. The van der Waals surface area contributed by atoms with Crippen molar-refractivity contribution in [1.82, 2.24) is 0 Å². The van der Waals surface area contributed by atoms with Gasteiger partial charge in [-0.25, -0.2) is 0 Å². The zero-order valence-corrected chi connectivity index (χ0v) is 39.1. The van der Waals surface area contributed by atoms with Gasteiger partial charge in [-0.3, -0.25) is 0 Å². The quantitative estimate of drug-likeness (QED) is 0.108. The smallest absolute Gasteiger partial charge is 0.150 e. The fraction of sp³-hybridized carbons (Fsp3) is 0.172. The van der Waals surface area contributed by atoms with Crippen LogP contribution in [0, 0.1) is 55.4 Å². The van der Waals surface area contributed by atoms with Gasteiger partial charge in [0.2, 0.25) is 0 Å². The molecule has 0 aliphatic carbocycles. The molecule has 62 heavy (non-hydrogen) atoms. The van der Waals surface area contributed by atoms with E-state index < -0.39 is 16.3 Å². The molecule has 8 aromatic carbocycles. The fourth-order valence-electron chi connectivity index (χ4n) is 8.04. The molecule has 0 aliphatic heterocycles. The van der Waals surface area contributed by atoms with Gasteiger partial charge in [0, 0.05) is 45.2 Å². The third-order valence-electron chi connectivity index (χ3n) is 11.9. The average molecular weight is 847 g/mol. The Hall–Kier alpha value is -5.78. The monoisotopic (exact) mass is 846 g/mol. The SMILES string of the molecule is Cc1ccc(P(Oc2c(Cc3ccccc3)cc(C)c(C)c2-c2c(C)c(C)cc(Cc3ccccc3)c2OP(c2ccc(C)cc2)c2ccc(C)cc2)c2ccc(C)cc2)cc1. The molecular weight excluding hydrogens is 791 g/mol. The third kappa shape index (κ3) is 9.64. The molecular formula is C58H56O2P2. The summed E-state index contributed by atoms with van der Waals surface area (Å²) in [6.45, 7) is 17.6. The Bertz CT molecular complexity index is 2490.